The number of carbonyl (C=O) groups is 1. The largest absolute Gasteiger partial charge is 0.381 e. The van der Waals surface area contributed by atoms with E-state index in [2.05, 4.69) is 25.7 Å². The van der Waals surface area contributed by atoms with Crippen LogP contribution in [-0.2, 0) is 6.54 Å². The summed E-state index contributed by atoms with van der Waals surface area (Å²) in [6.07, 6.45) is 5.85. The maximum absolute atomic E-state index is 11.9. The van der Waals surface area contributed by atoms with E-state index in [0.717, 1.165) is 18.7 Å². The first-order valence-corrected chi connectivity index (χ1v) is 7.63. The number of hydrogen-bond acceptors (Lipinski definition) is 6. The molecule has 1 saturated carbocycles. The molecule has 2 aromatic rings. The third-order valence-electron chi connectivity index (χ3n) is 3.81. The van der Waals surface area contributed by atoms with Gasteiger partial charge in [-0.3, -0.25) is 9.89 Å². The van der Waals surface area contributed by atoms with Gasteiger partial charge in [0.05, 0.1) is 6.54 Å². The van der Waals surface area contributed by atoms with Crippen LogP contribution < -0.4 is 11.1 Å². The van der Waals surface area contributed by atoms with Crippen LogP contribution >= 0.6 is 11.6 Å². The number of aromatic amines is 1. The van der Waals surface area contributed by atoms with Crippen LogP contribution in [-0.4, -0.2) is 26.2 Å². The SMILES string of the molecule is Nc1n[nH]c(C(=O)NCc2nc(C3CCCCC3)no2)c1Cl. The van der Waals surface area contributed by atoms with Crippen LogP contribution in [0, 0.1) is 0 Å². The third kappa shape index (κ3) is 3.06. The molecule has 0 aliphatic heterocycles. The fourth-order valence-corrected chi connectivity index (χ4v) is 2.77. The van der Waals surface area contributed by atoms with Crippen molar-refractivity contribution >= 4 is 23.3 Å². The van der Waals surface area contributed by atoms with E-state index in [1.807, 2.05) is 0 Å². The summed E-state index contributed by atoms with van der Waals surface area (Å²) in [6, 6.07) is 0. The maximum Gasteiger partial charge on any atom is 0.271 e. The molecule has 3 rings (SSSR count). The Kier molecular flexibility index (Phi) is 4.28. The first-order valence-electron chi connectivity index (χ1n) is 7.25. The van der Waals surface area contributed by atoms with Gasteiger partial charge in [-0.15, -0.1) is 0 Å². The standard InChI is InChI=1S/C13H17ClN6O2/c14-9-10(18-19-11(9)15)13(21)16-6-8-17-12(20-22-8)7-4-2-1-3-5-7/h7H,1-6H2,(H,16,21)(H3,15,18,19). The van der Waals surface area contributed by atoms with Gasteiger partial charge in [-0.1, -0.05) is 36.0 Å². The lowest BCUT2D eigenvalue weighted by molar-refractivity contribution is 0.0941. The molecule has 118 valence electrons. The van der Waals surface area contributed by atoms with Crippen LogP contribution in [0.5, 0.6) is 0 Å². The Balaban J connectivity index is 1.58. The van der Waals surface area contributed by atoms with Gasteiger partial charge >= 0.3 is 0 Å². The highest BCUT2D eigenvalue weighted by molar-refractivity contribution is 6.35. The van der Waals surface area contributed by atoms with E-state index in [0.29, 0.717) is 11.8 Å². The Morgan fingerprint density at radius 1 is 1.41 bits per heavy atom. The first-order chi connectivity index (χ1) is 10.6. The van der Waals surface area contributed by atoms with Gasteiger partial charge in [0.15, 0.2) is 11.6 Å². The minimum absolute atomic E-state index is 0.0872. The van der Waals surface area contributed by atoms with Crippen LogP contribution in [0.3, 0.4) is 0 Å². The average molecular weight is 325 g/mol. The van der Waals surface area contributed by atoms with Crippen molar-refractivity contribution in [3.8, 4) is 0 Å². The monoisotopic (exact) mass is 324 g/mol. The number of anilines is 1. The number of amides is 1. The number of halogens is 1. The van der Waals surface area contributed by atoms with Crippen molar-refractivity contribution in [3.63, 3.8) is 0 Å². The Bertz CT molecular complexity index is 661. The molecule has 0 aromatic carbocycles. The molecule has 1 aliphatic rings. The van der Waals surface area contributed by atoms with Crippen LogP contribution in [0.2, 0.25) is 5.02 Å². The van der Waals surface area contributed by atoms with E-state index in [9.17, 15) is 4.79 Å². The molecule has 0 spiro atoms. The van der Waals surface area contributed by atoms with Crippen molar-refractivity contribution in [2.45, 2.75) is 44.6 Å². The summed E-state index contributed by atoms with van der Waals surface area (Å²) < 4.78 is 5.18. The summed E-state index contributed by atoms with van der Waals surface area (Å²) in [7, 11) is 0. The summed E-state index contributed by atoms with van der Waals surface area (Å²) in [6.45, 7) is 0.133. The molecule has 1 fully saturated rings. The molecule has 0 radical (unpaired) electrons. The Labute approximate surface area is 131 Å². The van der Waals surface area contributed by atoms with Crippen molar-refractivity contribution in [2.24, 2.45) is 0 Å². The molecule has 1 amide bonds. The molecule has 8 nitrogen and oxygen atoms in total. The molecule has 0 unspecified atom stereocenters. The van der Waals surface area contributed by atoms with E-state index in [-0.39, 0.29) is 23.1 Å². The number of nitrogens with zero attached hydrogens (tertiary/aromatic N) is 3. The van der Waals surface area contributed by atoms with E-state index >= 15 is 0 Å². The molecule has 22 heavy (non-hydrogen) atoms. The van der Waals surface area contributed by atoms with E-state index in [1.165, 1.54) is 19.3 Å². The second kappa shape index (κ2) is 6.35. The number of H-pyrrole nitrogens is 1. The predicted octanol–water partition coefficient (Wildman–Crippen LogP) is 2.01. The number of nitrogens with one attached hydrogen (secondary N) is 2. The van der Waals surface area contributed by atoms with E-state index < -0.39 is 5.91 Å². The second-order valence-electron chi connectivity index (χ2n) is 5.36. The molecular formula is C13H17ClN6O2. The molecule has 2 aromatic heterocycles. The average Bonchev–Trinajstić information content (AvgIpc) is 3.14. The smallest absolute Gasteiger partial charge is 0.271 e. The lowest BCUT2D eigenvalue weighted by Gasteiger charge is -2.17. The van der Waals surface area contributed by atoms with Gasteiger partial charge in [0.2, 0.25) is 5.89 Å². The highest BCUT2D eigenvalue weighted by Gasteiger charge is 2.21. The van der Waals surface area contributed by atoms with Crippen LogP contribution in [0.4, 0.5) is 5.82 Å². The van der Waals surface area contributed by atoms with Crippen molar-refractivity contribution in [1.82, 2.24) is 25.7 Å². The molecule has 0 atom stereocenters. The molecule has 9 heteroatoms. The lowest BCUT2D eigenvalue weighted by Crippen LogP contribution is -2.23. The molecule has 0 saturated heterocycles. The molecule has 1 aliphatic carbocycles. The molecule has 2 heterocycles. The zero-order chi connectivity index (χ0) is 15.5. The number of aromatic nitrogens is 4. The van der Waals surface area contributed by atoms with Crippen LogP contribution in [0.25, 0.3) is 0 Å². The molecule has 4 N–H and O–H groups in total. The number of hydrogen-bond donors (Lipinski definition) is 3. The Morgan fingerprint density at radius 3 is 2.86 bits per heavy atom. The van der Waals surface area contributed by atoms with Crippen LogP contribution in [0.15, 0.2) is 4.52 Å². The highest BCUT2D eigenvalue weighted by atomic mass is 35.5. The normalized spacial score (nSPS) is 15.9. The molecular weight excluding hydrogens is 308 g/mol. The lowest BCUT2D eigenvalue weighted by atomic mass is 9.89. The van der Waals surface area contributed by atoms with Crippen molar-refractivity contribution in [2.75, 3.05) is 5.73 Å². The van der Waals surface area contributed by atoms with Crippen molar-refractivity contribution in [3.05, 3.63) is 22.4 Å². The highest BCUT2D eigenvalue weighted by Crippen LogP contribution is 2.30. The summed E-state index contributed by atoms with van der Waals surface area (Å²) in [5, 5.41) is 12.9. The zero-order valence-corrected chi connectivity index (χ0v) is 12.7. The number of nitrogens with two attached hydrogens (primary N) is 1. The minimum atomic E-state index is -0.424. The van der Waals surface area contributed by atoms with Gasteiger partial charge in [-0.2, -0.15) is 10.1 Å². The van der Waals surface area contributed by atoms with Gasteiger partial charge in [-0.05, 0) is 12.8 Å². The Morgan fingerprint density at radius 2 is 2.18 bits per heavy atom. The predicted molar refractivity (Wildman–Crippen MR) is 79.3 cm³/mol. The van der Waals surface area contributed by atoms with Gasteiger partial charge < -0.3 is 15.6 Å². The van der Waals surface area contributed by atoms with Gasteiger partial charge in [0.25, 0.3) is 5.91 Å². The maximum atomic E-state index is 11.9. The van der Waals surface area contributed by atoms with Crippen molar-refractivity contribution < 1.29 is 9.32 Å². The summed E-state index contributed by atoms with van der Waals surface area (Å²) in [5.74, 6) is 1.13. The summed E-state index contributed by atoms with van der Waals surface area (Å²) in [5.41, 5.74) is 5.59. The second-order valence-corrected chi connectivity index (χ2v) is 5.74. The number of carbonyl (C=O) groups excluding carboxylic acids is 1. The third-order valence-corrected chi connectivity index (χ3v) is 4.20. The summed E-state index contributed by atoms with van der Waals surface area (Å²) in [4.78, 5) is 16.3. The van der Waals surface area contributed by atoms with Gasteiger partial charge in [0.1, 0.15) is 10.7 Å². The fraction of sp³-hybridized carbons (Fsp3) is 0.538. The van der Waals surface area contributed by atoms with E-state index in [4.69, 9.17) is 21.9 Å². The summed E-state index contributed by atoms with van der Waals surface area (Å²) >= 11 is 5.86. The quantitative estimate of drug-likeness (QED) is 0.790. The first kappa shape index (κ1) is 14.8. The Hall–Kier alpha value is -2.09. The van der Waals surface area contributed by atoms with Crippen LogP contribution in [0.1, 0.15) is 60.2 Å². The number of rotatable bonds is 4. The number of nitrogen functional groups attached to an aromatic ring is 1. The van der Waals surface area contributed by atoms with E-state index in [1.54, 1.807) is 0 Å². The minimum Gasteiger partial charge on any atom is -0.381 e. The zero-order valence-electron chi connectivity index (χ0n) is 11.9. The fourth-order valence-electron chi connectivity index (χ4n) is 2.60. The van der Waals surface area contributed by atoms with Crippen molar-refractivity contribution in [1.29, 1.82) is 0 Å². The molecule has 0 bridgehead atoms. The van der Waals surface area contributed by atoms with Gasteiger partial charge in [0, 0.05) is 5.92 Å². The van der Waals surface area contributed by atoms with Gasteiger partial charge in [-0.25, -0.2) is 0 Å². The topological polar surface area (TPSA) is 123 Å².